The third kappa shape index (κ3) is 5.24. The van der Waals surface area contributed by atoms with Crippen LogP contribution in [-0.2, 0) is 17.8 Å². The van der Waals surface area contributed by atoms with E-state index in [-0.39, 0.29) is 5.91 Å². The van der Waals surface area contributed by atoms with Gasteiger partial charge in [0.15, 0.2) is 0 Å². The Kier molecular flexibility index (Phi) is 6.25. The van der Waals surface area contributed by atoms with Crippen LogP contribution < -0.4 is 5.32 Å². The molecule has 5 heteroatoms. The average molecular weight is 391 g/mol. The molecule has 4 rings (SSSR count). The maximum atomic E-state index is 12.5. The molecule has 1 aliphatic rings. The number of hydrogen-bond donors (Lipinski definition) is 1. The molecular weight excluding hydrogens is 360 g/mol. The fraction of sp³-hybridized carbons (Fsp3) is 0.417. The van der Waals surface area contributed by atoms with E-state index in [0.29, 0.717) is 12.5 Å². The number of likely N-dealkylation sites (tertiary alicyclic amines) is 1. The highest BCUT2D eigenvalue weighted by atomic mass is 16.1. The minimum Gasteiger partial charge on any atom is -0.354 e. The lowest BCUT2D eigenvalue weighted by molar-refractivity contribution is -0.121. The molecule has 1 N–H and O–H groups in total. The second-order valence-corrected chi connectivity index (χ2v) is 8.14. The van der Waals surface area contributed by atoms with Gasteiger partial charge in [0.25, 0.3) is 0 Å². The van der Waals surface area contributed by atoms with Crippen LogP contribution in [0.3, 0.4) is 0 Å². The lowest BCUT2D eigenvalue weighted by atomic mass is 9.97. The minimum atomic E-state index is 0.0902. The Morgan fingerprint density at radius 1 is 1.17 bits per heavy atom. The number of amides is 1. The van der Waals surface area contributed by atoms with Gasteiger partial charge in [0.05, 0.1) is 0 Å². The first-order valence-corrected chi connectivity index (χ1v) is 10.6. The second-order valence-electron chi connectivity index (χ2n) is 8.14. The molecular formula is C24H30N4O. The molecule has 2 aromatic heterocycles. The van der Waals surface area contributed by atoms with Gasteiger partial charge >= 0.3 is 0 Å². The number of aryl methyl sites for hydroxylation is 1. The molecule has 1 aromatic carbocycles. The largest absolute Gasteiger partial charge is 0.354 e. The van der Waals surface area contributed by atoms with E-state index in [9.17, 15) is 4.79 Å². The van der Waals surface area contributed by atoms with Crippen molar-refractivity contribution in [3.8, 4) is 0 Å². The van der Waals surface area contributed by atoms with E-state index >= 15 is 0 Å². The number of carbonyl (C=O) groups excluding carboxylic acids is 1. The van der Waals surface area contributed by atoms with Crippen molar-refractivity contribution in [3.05, 3.63) is 66.1 Å². The summed E-state index contributed by atoms with van der Waals surface area (Å²) in [5.74, 6) is 0.618. The highest BCUT2D eigenvalue weighted by molar-refractivity contribution is 5.83. The van der Waals surface area contributed by atoms with Crippen LogP contribution in [0.25, 0.3) is 10.9 Å². The molecule has 1 amide bonds. The van der Waals surface area contributed by atoms with E-state index in [1.807, 2.05) is 35.9 Å². The summed E-state index contributed by atoms with van der Waals surface area (Å²) in [6, 6.07) is 16.5. The minimum absolute atomic E-state index is 0.0902. The third-order valence-corrected chi connectivity index (χ3v) is 5.82. The molecule has 0 saturated carbocycles. The van der Waals surface area contributed by atoms with Crippen LogP contribution in [-0.4, -0.2) is 46.5 Å². The fourth-order valence-corrected chi connectivity index (χ4v) is 4.28. The van der Waals surface area contributed by atoms with Crippen molar-refractivity contribution in [1.82, 2.24) is 19.8 Å². The first kappa shape index (κ1) is 19.6. The van der Waals surface area contributed by atoms with Gasteiger partial charge in [-0.3, -0.25) is 9.78 Å². The summed E-state index contributed by atoms with van der Waals surface area (Å²) >= 11 is 0. The number of carbonyl (C=O) groups is 1. The summed E-state index contributed by atoms with van der Waals surface area (Å²) in [5.41, 5.74) is 3.35. The van der Waals surface area contributed by atoms with Gasteiger partial charge in [0.1, 0.15) is 6.54 Å². The zero-order chi connectivity index (χ0) is 20.1. The quantitative estimate of drug-likeness (QED) is 0.673. The molecule has 3 heterocycles. The molecule has 0 bridgehead atoms. The van der Waals surface area contributed by atoms with Crippen molar-refractivity contribution in [2.24, 2.45) is 5.92 Å². The lowest BCUT2D eigenvalue weighted by Crippen LogP contribution is -2.42. The highest BCUT2D eigenvalue weighted by Crippen LogP contribution is 2.17. The van der Waals surface area contributed by atoms with Crippen molar-refractivity contribution in [3.63, 3.8) is 0 Å². The molecule has 0 aliphatic carbocycles. The van der Waals surface area contributed by atoms with Crippen LogP contribution in [0, 0.1) is 12.8 Å². The number of benzene rings is 1. The summed E-state index contributed by atoms with van der Waals surface area (Å²) in [4.78, 5) is 19.6. The number of rotatable bonds is 7. The summed E-state index contributed by atoms with van der Waals surface area (Å²) in [6.07, 6.45) is 5.36. The van der Waals surface area contributed by atoms with Gasteiger partial charge in [-0.25, -0.2) is 0 Å². The van der Waals surface area contributed by atoms with E-state index in [1.54, 1.807) is 0 Å². The Morgan fingerprint density at radius 3 is 2.97 bits per heavy atom. The highest BCUT2D eigenvalue weighted by Gasteiger charge is 2.20. The normalized spacial score (nSPS) is 17.5. The Morgan fingerprint density at radius 2 is 2.07 bits per heavy atom. The van der Waals surface area contributed by atoms with Gasteiger partial charge in [-0.1, -0.05) is 24.3 Å². The number of fused-ring (bicyclic) bond motifs is 1. The van der Waals surface area contributed by atoms with Crippen LogP contribution in [0.2, 0.25) is 0 Å². The summed E-state index contributed by atoms with van der Waals surface area (Å²) in [5, 5.41) is 4.33. The Bertz CT molecular complexity index is 964. The molecule has 0 spiro atoms. The Balaban J connectivity index is 1.23. The molecule has 1 unspecified atom stereocenters. The molecule has 1 saturated heterocycles. The fourth-order valence-electron chi connectivity index (χ4n) is 4.28. The summed E-state index contributed by atoms with van der Waals surface area (Å²) in [6.45, 7) is 6.42. The number of pyridine rings is 1. The van der Waals surface area contributed by atoms with E-state index < -0.39 is 0 Å². The van der Waals surface area contributed by atoms with Crippen LogP contribution >= 0.6 is 0 Å². The molecule has 1 aliphatic heterocycles. The zero-order valence-electron chi connectivity index (χ0n) is 17.2. The van der Waals surface area contributed by atoms with Gasteiger partial charge in [-0.15, -0.1) is 0 Å². The number of para-hydroxylation sites is 1. The van der Waals surface area contributed by atoms with E-state index in [1.165, 1.54) is 23.9 Å². The smallest absolute Gasteiger partial charge is 0.239 e. The monoisotopic (exact) mass is 390 g/mol. The first-order valence-electron chi connectivity index (χ1n) is 10.6. The van der Waals surface area contributed by atoms with E-state index in [0.717, 1.165) is 43.8 Å². The van der Waals surface area contributed by atoms with Crippen molar-refractivity contribution in [1.29, 1.82) is 0 Å². The summed E-state index contributed by atoms with van der Waals surface area (Å²) < 4.78 is 2.02. The number of piperidine rings is 1. The predicted molar refractivity (Wildman–Crippen MR) is 117 cm³/mol. The maximum absolute atomic E-state index is 12.5. The van der Waals surface area contributed by atoms with Crippen LogP contribution in [0.5, 0.6) is 0 Å². The van der Waals surface area contributed by atoms with Crippen molar-refractivity contribution >= 4 is 16.8 Å². The number of nitrogens with zero attached hydrogens (tertiary/aromatic N) is 3. The molecule has 0 radical (unpaired) electrons. The predicted octanol–water partition coefficient (Wildman–Crippen LogP) is 3.42. The molecule has 1 atom stereocenters. The number of aromatic nitrogens is 2. The number of hydrogen-bond acceptors (Lipinski definition) is 3. The maximum Gasteiger partial charge on any atom is 0.239 e. The topological polar surface area (TPSA) is 50.2 Å². The SMILES string of the molecule is Cc1cccc(CCN2CCCC(CNC(=O)Cn3ccc4ccccc43)C2)n1. The first-order chi connectivity index (χ1) is 14.2. The third-order valence-electron chi connectivity index (χ3n) is 5.82. The van der Waals surface area contributed by atoms with Crippen LogP contribution in [0.4, 0.5) is 0 Å². The van der Waals surface area contributed by atoms with Gasteiger partial charge in [-0.05, 0) is 61.9 Å². The molecule has 29 heavy (non-hydrogen) atoms. The van der Waals surface area contributed by atoms with Crippen molar-refractivity contribution in [2.75, 3.05) is 26.2 Å². The lowest BCUT2D eigenvalue weighted by Gasteiger charge is -2.32. The second kappa shape index (κ2) is 9.23. The zero-order valence-corrected chi connectivity index (χ0v) is 17.2. The van der Waals surface area contributed by atoms with Gasteiger partial charge < -0.3 is 14.8 Å². The van der Waals surface area contributed by atoms with E-state index in [2.05, 4.69) is 45.5 Å². The molecule has 1 fully saturated rings. The van der Waals surface area contributed by atoms with Crippen LogP contribution in [0.15, 0.2) is 54.7 Å². The van der Waals surface area contributed by atoms with Gasteiger partial charge in [-0.2, -0.15) is 0 Å². The van der Waals surface area contributed by atoms with Crippen LogP contribution in [0.1, 0.15) is 24.2 Å². The van der Waals surface area contributed by atoms with Gasteiger partial charge in [0.2, 0.25) is 5.91 Å². The average Bonchev–Trinajstić information content (AvgIpc) is 3.14. The van der Waals surface area contributed by atoms with Crippen molar-refractivity contribution in [2.45, 2.75) is 32.7 Å². The molecule has 3 aromatic rings. The number of nitrogens with one attached hydrogen (secondary N) is 1. The summed E-state index contributed by atoms with van der Waals surface area (Å²) in [7, 11) is 0. The van der Waals surface area contributed by atoms with Crippen molar-refractivity contribution < 1.29 is 4.79 Å². The van der Waals surface area contributed by atoms with E-state index in [4.69, 9.17) is 0 Å². The Hall–Kier alpha value is -2.66. The molecule has 5 nitrogen and oxygen atoms in total. The van der Waals surface area contributed by atoms with Gasteiger partial charge in [0, 0.05) is 49.2 Å². The molecule has 152 valence electrons. The standard InChI is InChI=1S/C24H30N4O/c1-19-6-4-9-22(26-19)12-14-27-13-5-7-20(17-27)16-25-24(29)18-28-15-11-21-8-2-3-10-23(21)28/h2-4,6,8-11,15,20H,5,7,12-14,16-18H2,1H3,(H,25,29). The Labute approximate surface area is 172 Å².